The van der Waals surface area contributed by atoms with Gasteiger partial charge in [0.15, 0.2) is 5.13 Å². The summed E-state index contributed by atoms with van der Waals surface area (Å²) in [6, 6.07) is 10.5. The van der Waals surface area contributed by atoms with E-state index in [9.17, 15) is 13.2 Å². The summed E-state index contributed by atoms with van der Waals surface area (Å²) in [6.45, 7) is 10.5. The normalized spacial score (nSPS) is 18.7. The molecule has 2 heterocycles. The Balaban J connectivity index is 0.00000380. The Morgan fingerprint density at radius 2 is 1.62 bits per heavy atom. The molecule has 3 aromatic rings. The van der Waals surface area contributed by atoms with Gasteiger partial charge in [0.1, 0.15) is 0 Å². The summed E-state index contributed by atoms with van der Waals surface area (Å²) in [5, 5.41) is 0.648. The van der Waals surface area contributed by atoms with Crippen molar-refractivity contribution < 1.29 is 13.2 Å². The van der Waals surface area contributed by atoms with Crippen LogP contribution in [-0.2, 0) is 10.0 Å². The maximum atomic E-state index is 13.6. The van der Waals surface area contributed by atoms with Gasteiger partial charge in [-0.1, -0.05) is 25.2 Å². The summed E-state index contributed by atoms with van der Waals surface area (Å²) in [5.41, 5.74) is 3.69. The quantitative estimate of drug-likeness (QED) is 0.394. The van der Waals surface area contributed by atoms with Crippen molar-refractivity contribution in [3.05, 3.63) is 53.1 Å². The molecule has 2 unspecified atom stereocenters. The molecule has 4 rings (SSSR count). The molecule has 1 aliphatic rings. The molecule has 0 bridgehead atoms. The topological polar surface area (TPSA) is 73.8 Å². The maximum Gasteiger partial charge on any atom is 0.260 e. The third kappa shape index (κ3) is 6.52. The van der Waals surface area contributed by atoms with Gasteiger partial charge in [0.05, 0.1) is 15.1 Å². The number of aryl methyl sites for hydroxylation is 2. The number of likely N-dealkylation sites (N-methyl/N-ethyl adjacent to an activating group) is 1. The van der Waals surface area contributed by atoms with Crippen molar-refractivity contribution in [2.45, 2.75) is 39.0 Å². The Hall–Kier alpha value is -2.04. The van der Waals surface area contributed by atoms with E-state index in [0.717, 1.165) is 16.6 Å². The third-order valence-electron chi connectivity index (χ3n) is 6.81. The molecule has 1 saturated heterocycles. The molecule has 37 heavy (non-hydrogen) atoms. The first kappa shape index (κ1) is 29.5. The van der Waals surface area contributed by atoms with E-state index in [1.807, 2.05) is 19.0 Å². The highest BCUT2D eigenvalue weighted by Crippen LogP contribution is 2.32. The summed E-state index contributed by atoms with van der Waals surface area (Å²) in [6.07, 6.45) is 1.03. The fraction of sp³-hybridized carbons (Fsp3) is 0.481. The van der Waals surface area contributed by atoms with E-state index < -0.39 is 10.0 Å². The van der Waals surface area contributed by atoms with Crippen molar-refractivity contribution in [3.8, 4) is 0 Å². The van der Waals surface area contributed by atoms with Gasteiger partial charge in [0, 0.05) is 31.7 Å². The molecule has 0 spiro atoms. The van der Waals surface area contributed by atoms with E-state index in [0.29, 0.717) is 48.7 Å². The zero-order valence-corrected chi connectivity index (χ0v) is 24.8. The van der Waals surface area contributed by atoms with E-state index in [4.69, 9.17) is 4.98 Å². The smallest absolute Gasteiger partial charge is 0.260 e. The van der Waals surface area contributed by atoms with Gasteiger partial charge in [0.2, 0.25) is 10.0 Å². The summed E-state index contributed by atoms with van der Waals surface area (Å²) in [4.78, 5) is 22.4. The van der Waals surface area contributed by atoms with Gasteiger partial charge >= 0.3 is 0 Å². The number of carbonyl (C=O) groups excluding carboxylic acids is 1. The van der Waals surface area contributed by atoms with Crippen LogP contribution in [0.2, 0.25) is 0 Å². The van der Waals surface area contributed by atoms with Gasteiger partial charge in [-0.3, -0.25) is 9.69 Å². The number of piperidine rings is 1. The van der Waals surface area contributed by atoms with E-state index in [2.05, 4.69) is 39.8 Å². The van der Waals surface area contributed by atoms with Gasteiger partial charge in [-0.2, -0.15) is 4.31 Å². The highest BCUT2D eigenvalue weighted by molar-refractivity contribution is 7.89. The molecule has 202 valence electrons. The number of anilines is 1. The highest BCUT2D eigenvalue weighted by Gasteiger charge is 2.32. The first-order valence-corrected chi connectivity index (χ1v) is 14.7. The molecule has 1 aliphatic heterocycles. The molecule has 0 saturated carbocycles. The summed E-state index contributed by atoms with van der Waals surface area (Å²) < 4.78 is 29.2. The molecule has 0 N–H and O–H groups in total. The average molecular weight is 565 g/mol. The maximum absolute atomic E-state index is 13.6. The van der Waals surface area contributed by atoms with Crippen LogP contribution in [0.5, 0.6) is 0 Å². The summed E-state index contributed by atoms with van der Waals surface area (Å²) in [5.74, 6) is 0.473. The first-order chi connectivity index (χ1) is 17.0. The standard InChI is InChI=1S/C27H36N4O3S2.ClH/c1-18-13-19(2)17-30(16-18)36(33,34)23-9-7-22(8-10-23)26(32)31(12-11-29(5)6)27-28-24-14-20(3)21(4)15-25(24)35-27;/h7-10,14-15,18-19H,11-13,16-17H2,1-6H3;1H. The molecule has 2 aromatic carbocycles. The lowest BCUT2D eigenvalue weighted by molar-refractivity contribution is 0.0985. The second-order valence-corrected chi connectivity index (χ2v) is 13.4. The van der Waals surface area contributed by atoms with E-state index in [1.165, 1.54) is 22.5 Å². The zero-order chi connectivity index (χ0) is 26.2. The Morgan fingerprint density at radius 1 is 1.03 bits per heavy atom. The van der Waals surface area contributed by atoms with Crippen molar-refractivity contribution >= 4 is 55.0 Å². The van der Waals surface area contributed by atoms with Crippen LogP contribution in [0.25, 0.3) is 10.2 Å². The zero-order valence-electron chi connectivity index (χ0n) is 22.4. The number of halogens is 1. The van der Waals surface area contributed by atoms with Crippen LogP contribution < -0.4 is 4.90 Å². The van der Waals surface area contributed by atoms with Gasteiger partial charge in [-0.15, -0.1) is 12.4 Å². The van der Waals surface area contributed by atoms with Gasteiger partial charge in [-0.05, 0) is 93.7 Å². The van der Waals surface area contributed by atoms with Crippen LogP contribution in [-0.4, -0.2) is 68.8 Å². The number of nitrogens with zero attached hydrogens (tertiary/aromatic N) is 4. The van der Waals surface area contributed by atoms with Crippen molar-refractivity contribution in [3.63, 3.8) is 0 Å². The van der Waals surface area contributed by atoms with E-state index in [1.54, 1.807) is 33.5 Å². The fourth-order valence-electron chi connectivity index (χ4n) is 4.74. The third-order valence-corrected chi connectivity index (χ3v) is 9.70. The molecular weight excluding hydrogens is 528 g/mol. The first-order valence-electron chi connectivity index (χ1n) is 12.4. The molecular formula is C27H37ClN4O3S2. The highest BCUT2D eigenvalue weighted by atomic mass is 35.5. The lowest BCUT2D eigenvalue weighted by Gasteiger charge is -2.34. The lowest BCUT2D eigenvalue weighted by Crippen LogP contribution is -2.42. The van der Waals surface area contributed by atoms with Gasteiger partial charge in [-0.25, -0.2) is 13.4 Å². The van der Waals surface area contributed by atoms with Crippen LogP contribution in [0.1, 0.15) is 41.8 Å². The number of rotatable bonds is 7. The average Bonchev–Trinajstić information content (AvgIpc) is 3.20. The van der Waals surface area contributed by atoms with Crippen LogP contribution >= 0.6 is 23.7 Å². The minimum absolute atomic E-state index is 0. The largest absolute Gasteiger partial charge is 0.308 e. The Kier molecular flexibility index (Phi) is 9.40. The predicted molar refractivity (Wildman–Crippen MR) is 155 cm³/mol. The number of aromatic nitrogens is 1. The van der Waals surface area contributed by atoms with E-state index >= 15 is 0 Å². The van der Waals surface area contributed by atoms with Crippen molar-refractivity contribution in [2.24, 2.45) is 11.8 Å². The second-order valence-electron chi connectivity index (χ2n) is 10.5. The SMILES string of the molecule is Cc1cc2nc(N(CCN(C)C)C(=O)c3ccc(S(=O)(=O)N4CC(C)CC(C)C4)cc3)sc2cc1C.Cl. The number of thiazole rings is 1. The van der Waals surface area contributed by atoms with Crippen LogP contribution in [0.4, 0.5) is 5.13 Å². The molecule has 0 aliphatic carbocycles. The Morgan fingerprint density at radius 3 is 2.22 bits per heavy atom. The number of benzene rings is 2. The minimum atomic E-state index is -3.60. The van der Waals surface area contributed by atoms with Gasteiger partial charge in [0.25, 0.3) is 5.91 Å². The summed E-state index contributed by atoms with van der Waals surface area (Å²) >= 11 is 1.50. The number of carbonyl (C=O) groups is 1. The number of fused-ring (bicyclic) bond motifs is 1. The molecule has 1 fully saturated rings. The number of amides is 1. The Bertz CT molecular complexity index is 1310. The van der Waals surface area contributed by atoms with Crippen molar-refractivity contribution in [1.82, 2.24) is 14.2 Å². The van der Waals surface area contributed by atoms with Crippen molar-refractivity contribution in [1.29, 1.82) is 0 Å². The molecule has 7 nitrogen and oxygen atoms in total. The second kappa shape index (κ2) is 11.8. The molecule has 1 amide bonds. The number of hydrogen-bond donors (Lipinski definition) is 0. The van der Waals surface area contributed by atoms with Gasteiger partial charge < -0.3 is 4.90 Å². The van der Waals surface area contributed by atoms with Crippen LogP contribution in [0, 0.1) is 25.7 Å². The fourth-order valence-corrected chi connectivity index (χ4v) is 7.49. The van der Waals surface area contributed by atoms with Crippen molar-refractivity contribution in [2.75, 3.05) is 45.2 Å². The Labute approximate surface area is 230 Å². The molecule has 1 aromatic heterocycles. The predicted octanol–water partition coefficient (Wildman–Crippen LogP) is 5.21. The minimum Gasteiger partial charge on any atom is -0.308 e. The molecule has 0 radical (unpaired) electrons. The van der Waals surface area contributed by atoms with Crippen LogP contribution in [0.15, 0.2) is 41.3 Å². The lowest BCUT2D eigenvalue weighted by atomic mass is 9.94. The number of sulfonamides is 1. The molecule has 2 atom stereocenters. The van der Waals surface area contributed by atoms with E-state index in [-0.39, 0.29) is 23.2 Å². The van der Waals surface area contributed by atoms with Crippen LogP contribution in [0.3, 0.4) is 0 Å². The summed E-state index contributed by atoms with van der Waals surface area (Å²) in [7, 11) is 0.338. The number of hydrogen-bond acceptors (Lipinski definition) is 6. The molecule has 10 heteroatoms. The monoisotopic (exact) mass is 564 g/mol.